The Hall–Kier alpha value is -4.48. The van der Waals surface area contributed by atoms with Crippen LogP contribution in [0.25, 0.3) is 0 Å². The minimum absolute atomic E-state index is 0.194. The predicted molar refractivity (Wildman–Crippen MR) is 166 cm³/mol. The lowest BCUT2D eigenvalue weighted by Gasteiger charge is -1.95. The Morgan fingerprint density at radius 3 is 0.565 bits per heavy atom. The first-order valence-corrected chi connectivity index (χ1v) is 12.4. The van der Waals surface area contributed by atoms with E-state index in [4.69, 9.17) is 102 Å². The third-order valence-electron chi connectivity index (χ3n) is 1.25. The molecule has 17 N–H and O–H groups in total. The van der Waals surface area contributed by atoms with E-state index in [1.54, 1.807) is 0 Å². The van der Waals surface area contributed by atoms with Gasteiger partial charge in [0.25, 0.3) is 47.8 Å². The van der Waals surface area contributed by atoms with Crippen molar-refractivity contribution in [3.05, 3.63) is 0 Å². The Kier molecular flexibility index (Phi) is 108. The van der Waals surface area contributed by atoms with Crippen molar-refractivity contribution < 1.29 is 84.3 Å². The first-order valence-electron chi connectivity index (χ1n) is 12.4. The van der Waals surface area contributed by atoms with Crippen molar-refractivity contribution in [2.75, 3.05) is 52.4 Å². The summed E-state index contributed by atoms with van der Waals surface area (Å²) in [6.45, 7) is 14.1. The average molecular weight is 688 g/mol. The normalized spacial score (nSPS) is 7.22. The van der Waals surface area contributed by atoms with Crippen LogP contribution >= 0.6 is 0 Å². The summed E-state index contributed by atoms with van der Waals surface area (Å²) in [4.78, 5) is 72.0. The highest BCUT2D eigenvalue weighted by Crippen LogP contribution is 1.52. The van der Waals surface area contributed by atoms with Crippen LogP contribution in [0.4, 0.5) is 0 Å². The SMILES string of the molecule is CC(=O)O.CC(=O)O.CC(=O)O.CC(=O)O.CC(=O)O.CC(=O)O.CC(=O)O.CC(=O)O.NCCNCCN.NCCNCCO. The molecule has 46 heavy (non-hydrogen) atoms. The van der Waals surface area contributed by atoms with Gasteiger partial charge in [0.05, 0.1) is 6.61 Å². The summed E-state index contributed by atoms with van der Waals surface area (Å²) in [7, 11) is 0. The highest BCUT2D eigenvalue weighted by molar-refractivity contribution is 5.64. The maximum absolute atomic E-state index is 9.00. The number of aliphatic hydroxyl groups is 1. The minimum Gasteiger partial charge on any atom is -0.481 e. The largest absolute Gasteiger partial charge is 0.481 e. The summed E-state index contributed by atoms with van der Waals surface area (Å²) in [6.07, 6.45) is 0. The lowest BCUT2D eigenvalue weighted by molar-refractivity contribution is -0.135. The van der Waals surface area contributed by atoms with Gasteiger partial charge in [-0.1, -0.05) is 0 Å². The zero-order valence-electron chi connectivity index (χ0n) is 27.7. The fraction of sp³-hybridized carbons (Fsp3) is 0.667. The molecule has 0 aliphatic rings. The summed E-state index contributed by atoms with van der Waals surface area (Å²) >= 11 is 0. The molecule has 0 radical (unpaired) electrons. The molecular formula is C24H57N5O17. The standard InChI is InChI=1S/C4H13N3.C4H12N2O.8C2H4O2/c5-1-3-7-4-2-6;5-1-2-6-3-4-7;8*1-2(3)4/h7H,1-6H2;6-7H,1-5H2;8*1H3,(H,3,4). The highest BCUT2D eigenvalue weighted by atomic mass is 16.4. The Bertz CT molecular complexity index is 516. The van der Waals surface area contributed by atoms with E-state index in [2.05, 4.69) is 10.6 Å². The molecular weight excluding hydrogens is 630 g/mol. The Morgan fingerprint density at radius 2 is 0.478 bits per heavy atom. The zero-order valence-corrected chi connectivity index (χ0v) is 27.7. The number of aliphatic hydroxyl groups excluding tert-OH is 1. The second-order valence-corrected chi connectivity index (χ2v) is 6.74. The van der Waals surface area contributed by atoms with E-state index in [0.717, 1.165) is 75.0 Å². The first kappa shape index (κ1) is 68.6. The minimum atomic E-state index is -0.833. The average Bonchev–Trinajstić information content (AvgIpc) is 2.77. The van der Waals surface area contributed by atoms with Crippen LogP contribution in [0.15, 0.2) is 0 Å². The maximum atomic E-state index is 9.00. The quantitative estimate of drug-likeness (QED) is 0.120. The molecule has 22 heteroatoms. The van der Waals surface area contributed by atoms with Crippen molar-refractivity contribution in [2.24, 2.45) is 17.2 Å². The predicted octanol–water partition coefficient (Wildman–Crippen LogP) is -2.25. The van der Waals surface area contributed by atoms with Crippen LogP contribution in [-0.2, 0) is 38.4 Å². The van der Waals surface area contributed by atoms with E-state index in [-0.39, 0.29) is 6.61 Å². The number of hydrogen-bond acceptors (Lipinski definition) is 14. The number of nitrogens with one attached hydrogen (secondary N) is 2. The molecule has 0 rings (SSSR count). The van der Waals surface area contributed by atoms with Crippen molar-refractivity contribution >= 4 is 47.8 Å². The molecule has 0 amide bonds. The summed E-state index contributed by atoms with van der Waals surface area (Å²) in [5, 5.41) is 73.5. The van der Waals surface area contributed by atoms with Crippen LogP contribution in [0, 0.1) is 0 Å². The second-order valence-electron chi connectivity index (χ2n) is 6.74. The van der Waals surface area contributed by atoms with Gasteiger partial charge in [0.1, 0.15) is 0 Å². The molecule has 0 saturated carbocycles. The van der Waals surface area contributed by atoms with Crippen molar-refractivity contribution in [3.63, 3.8) is 0 Å². The molecule has 0 aromatic carbocycles. The molecule has 280 valence electrons. The molecule has 0 aromatic rings. The monoisotopic (exact) mass is 687 g/mol. The van der Waals surface area contributed by atoms with Crippen LogP contribution in [-0.4, -0.2) is 146 Å². The molecule has 0 aliphatic carbocycles. The number of carboxylic acids is 8. The fourth-order valence-electron chi connectivity index (χ4n) is 0.635. The number of carbonyl (C=O) groups is 8. The fourth-order valence-corrected chi connectivity index (χ4v) is 0.635. The third-order valence-corrected chi connectivity index (χ3v) is 1.25. The number of nitrogens with two attached hydrogens (primary N) is 3. The summed E-state index contributed by atoms with van der Waals surface area (Å²) < 4.78 is 0. The van der Waals surface area contributed by atoms with Crippen molar-refractivity contribution in [2.45, 2.75) is 55.4 Å². The number of aliphatic carboxylic acids is 8. The summed E-state index contributed by atoms with van der Waals surface area (Å²) in [6, 6.07) is 0. The molecule has 0 heterocycles. The first-order chi connectivity index (χ1) is 20.7. The Labute approximate surface area is 268 Å². The lowest BCUT2D eigenvalue weighted by Crippen LogP contribution is -2.27. The third kappa shape index (κ3) is 4730. The maximum Gasteiger partial charge on any atom is 0.300 e. The molecule has 22 nitrogen and oxygen atoms in total. The van der Waals surface area contributed by atoms with Gasteiger partial charge >= 0.3 is 0 Å². The molecule has 0 fully saturated rings. The molecule has 0 bridgehead atoms. The topological polar surface area (TPSA) is 421 Å². The van der Waals surface area contributed by atoms with Gasteiger partial charge in [-0.15, -0.1) is 0 Å². The van der Waals surface area contributed by atoms with E-state index in [1.807, 2.05) is 0 Å². The molecule has 0 spiro atoms. The van der Waals surface area contributed by atoms with Gasteiger partial charge in [0.15, 0.2) is 0 Å². The van der Waals surface area contributed by atoms with Gasteiger partial charge in [0.2, 0.25) is 0 Å². The van der Waals surface area contributed by atoms with E-state index in [1.165, 1.54) is 0 Å². The van der Waals surface area contributed by atoms with Crippen LogP contribution in [0.2, 0.25) is 0 Å². The van der Waals surface area contributed by atoms with Gasteiger partial charge in [-0.3, -0.25) is 38.4 Å². The summed E-state index contributed by atoms with van der Waals surface area (Å²) in [5.41, 5.74) is 15.5. The summed E-state index contributed by atoms with van der Waals surface area (Å²) in [5.74, 6) is -6.67. The molecule has 0 unspecified atom stereocenters. The van der Waals surface area contributed by atoms with E-state index in [9.17, 15) is 0 Å². The highest BCUT2D eigenvalue weighted by Gasteiger charge is 1.78. The number of carboxylic acid groups (broad SMARTS) is 8. The van der Waals surface area contributed by atoms with Crippen molar-refractivity contribution in [1.29, 1.82) is 0 Å². The Balaban J connectivity index is -0.0000000396. The molecule has 0 atom stereocenters. The van der Waals surface area contributed by atoms with E-state index < -0.39 is 47.8 Å². The van der Waals surface area contributed by atoms with Crippen molar-refractivity contribution in [1.82, 2.24) is 10.6 Å². The number of rotatable bonds is 8. The van der Waals surface area contributed by atoms with Gasteiger partial charge in [-0.2, -0.15) is 0 Å². The lowest BCUT2D eigenvalue weighted by atomic mass is 10.6. The van der Waals surface area contributed by atoms with Gasteiger partial charge in [0, 0.05) is 101 Å². The van der Waals surface area contributed by atoms with Crippen LogP contribution in [0.5, 0.6) is 0 Å². The van der Waals surface area contributed by atoms with Crippen LogP contribution in [0.1, 0.15) is 55.4 Å². The van der Waals surface area contributed by atoms with Crippen molar-refractivity contribution in [3.8, 4) is 0 Å². The molecule has 0 saturated heterocycles. The van der Waals surface area contributed by atoms with E-state index >= 15 is 0 Å². The second kappa shape index (κ2) is 72.6. The molecule has 0 aromatic heterocycles. The molecule has 0 aliphatic heterocycles. The van der Waals surface area contributed by atoms with E-state index in [0.29, 0.717) is 26.2 Å². The zero-order chi connectivity index (χ0) is 39.7. The van der Waals surface area contributed by atoms with Crippen LogP contribution in [0.3, 0.4) is 0 Å². The smallest absolute Gasteiger partial charge is 0.300 e. The Morgan fingerprint density at radius 1 is 0.370 bits per heavy atom. The number of hydrogen-bond donors (Lipinski definition) is 14. The van der Waals surface area contributed by atoms with Crippen LogP contribution < -0.4 is 27.8 Å². The van der Waals surface area contributed by atoms with Gasteiger partial charge in [-0.05, 0) is 0 Å². The van der Waals surface area contributed by atoms with Gasteiger partial charge < -0.3 is 73.8 Å². The van der Waals surface area contributed by atoms with Gasteiger partial charge in [-0.25, -0.2) is 0 Å².